The highest BCUT2D eigenvalue weighted by molar-refractivity contribution is 6.09. The number of amides is 4. The van der Waals surface area contributed by atoms with Gasteiger partial charge >= 0.3 is 12.0 Å². The van der Waals surface area contributed by atoms with E-state index in [1.807, 2.05) is 0 Å². The van der Waals surface area contributed by atoms with E-state index in [-0.39, 0.29) is 25.0 Å². The van der Waals surface area contributed by atoms with Gasteiger partial charge < -0.3 is 25.2 Å². The molecule has 1 heterocycles. The molecule has 1 aliphatic heterocycles. The van der Waals surface area contributed by atoms with Crippen molar-refractivity contribution in [3.63, 3.8) is 0 Å². The van der Waals surface area contributed by atoms with Gasteiger partial charge in [0.1, 0.15) is 6.04 Å². The largest absolute Gasteiger partial charge is 0.462 e. The minimum absolute atomic E-state index is 0.0213. The Morgan fingerprint density at radius 1 is 1.06 bits per heavy atom. The van der Waals surface area contributed by atoms with Crippen LogP contribution in [0.4, 0.5) is 21.9 Å². The van der Waals surface area contributed by atoms with Crippen molar-refractivity contribution >= 4 is 40.9 Å². The number of carbonyl (C=O) groups is 4. The first-order valence-corrected chi connectivity index (χ1v) is 11.1. The highest BCUT2D eigenvalue weighted by Crippen LogP contribution is 2.34. The molecule has 2 aromatic rings. The summed E-state index contributed by atoms with van der Waals surface area (Å²) < 4.78 is 4.99. The molecule has 0 spiro atoms. The second-order valence-electron chi connectivity index (χ2n) is 9.00. The van der Waals surface area contributed by atoms with Crippen LogP contribution >= 0.6 is 0 Å². The van der Waals surface area contributed by atoms with Crippen LogP contribution in [0, 0.1) is 5.41 Å². The highest BCUT2D eigenvalue weighted by Gasteiger charge is 2.38. The molecule has 3 rings (SSSR count). The van der Waals surface area contributed by atoms with E-state index < -0.39 is 23.5 Å². The summed E-state index contributed by atoms with van der Waals surface area (Å²) in [6.45, 7) is 7.34. The summed E-state index contributed by atoms with van der Waals surface area (Å²) in [5.41, 5.74) is 1.15. The second kappa shape index (κ2) is 9.94. The molecule has 2 aromatic carbocycles. The van der Waals surface area contributed by atoms with Crippen molar-refractivity contribution in [3.8, 4) is 0 Å². The van der Waals surface area contributed by atoms with E-state index in [2.05, 4.69) is 10.6 Å². The molecule has 0 bridgehead atoms. The zero-order valence-corrected chi connectivity index (χ0v) is 20.0. The lowest BCUT2D eigenvalue weighted by atomic mass is 9.94. The number of nitrogens with zero attached hydrogens (tertiary/aromatic N) is 2. The minimum atomic E-state index is -0.989. The Kier molecular flexibility index (Phi) is 7.24. The lowest BCUT2D eigenvalue weighted by Gasteiger charge is -2.30. The summed E-state index contributed by atoms with van der Waals surface area (Å²) in [6.07, 6.45) is 0. The van der Waals surface area contributed by atoms with Crippen LogP contribution in [0.2, 0.25) is 0 Å². The molecule has 0 saturated heterocycles. The van der Waals surface area contributed by atoms with Crippen LogP contribution in [-0.4, -0.2) is 50.1 Å². The van der Waals surface area contributed by atoms with Gasteiger partial charge in [-0.1, -0.05) is 39.0 Å². The van der Waals surface area contributed by atoms with Gasteiger partial charge in [0.05, 0.1) is 30.1 Å². The summed E-state index contributed by atoms with van der Waals surface area (Å²) in [6, 6.07) is 11.8. The summed E-state index contributed by atoms with van der Waals surface area (Å²) in [4.78, 5) is 54.2. The second-order valence-corrected chi connectivity index (χ2v) is 9.00. The number of carbonyl (C=O) groups excluding carboxylic acids is 4. The van der Waals surface area contributed by atoms with E-state index in [0.717, 1.165) is 0 Å². The van der Waals surface area contributed by atoms with Crippen molar-refractivity contribution in [2.24, 2.45) is 5.41 Å². The number of para-hydroxylation sites is 2. The molecule has 4 amide bonds. The lowest BCUT2D eigenvalue weighted by molar-refractivity contribution is -0.126. The van der Waals surface area contributed by atoms with Gasteiger partial charge in [0.15, 0.2) is 0 Å². The van der Waals surface area contributed by atoms with Gasteiger partial charge in [-0.3, -0.25) is 9.59 Å². The van der Waals surface area contributed by atoms with E-state index in [4.69, 9.17) is 4.74 Å². The van der Waals surface area contributed by atoms with E-state index in [0.29, 0.717) is 22.6 Å². The van der Waals surface area contributed by atoms with E-state index in [9.17, 15) is 19.2 Å². The third-order valence-corrected chi connectivity index (χ3v) is 5.35. The van der Waals surface area contributed by atoms with Crippen LogP contribution in [-0.2, 0) is 14.3 Å². The average Bonchev–Trinajstić information content (AvgIpc) is 2.89. The number of esters is 1. The average molecular weight is 467 g/mol. The molecule has 2 N–H and O–H groups in total. The number of urea groups is 1. The van der Waals surface area contributed by atoms with E-state index >= 15 is 0 Å². The molecule has 0 aromatic heterocycles. The number of benzene rings is 2. The third kappa shape index (κ3) is 5.36. The van der Waals surface area contributed by atoms with Gasteiger partial charge in [-0.15, -0.1) is 0 Å². The van der Waals surface area contributed by atoms with Gasteiger partial charge in [-0.2, -0.15) is 0 Å². The quantitative estimate of drug-likeness (QED) is 0.672. The highest BCUT2D eigenvalue weighted by atomic mass is 16.5. The molecule has 9 heteroatoms. The first-order chi connectivity index (χ1) is 16.0. The molecule has 9 nitrogen and oxygen atoms in total. The third-order valence-electron chi connectivity index (χ3n) is 5.35. The van der Waals surface area contributed by atoms with Crippen molar-refractivity contribution < 1.29 is 23.9 Å². The Bertz CT molecular complexity index is 1110. The van der Waals surface area contributed by atoms with Crippen molar-refractivity contribution in [2.45, 2.75) is 33.7 Å². The van der Waals surface area contributed by atoms with Gasteiger partial charge in [-0.05, 0) is 37.3 Å². The molecule has 1 aliphatic rings. The number of nitrogens with one attached hydrogen (secondary N) is 2. The van der Waals surface area contributed by atoms with Crippen LogP contribution in [0.5, 0.6) is 0 Å². The van der Waals surface area contributed by atoms with Gasteiger partial charge in [-0.25, -0.2) is 9.59 Å². The van der Waals surface area contributed by atoms with Crippen molar-refractivity contribution in [3.05, 3.63) is 54.1 Å². The minimum Gasteiger partial charge on any atom is -0.462 e. The monoisotopic (exact) mass is 466 g/mol. The SMILES string of the molecule is CCOC(=O)c1cccc(NC(=O)NC2CN(C(=O)C(C)(C)C)c3ccccc3N(C)C2=O)c1. The molecule has 0 fully saturated rings. The fourth-order valence-electron chi connectivity index (χ4n) is 3.66. The summed E-state index contributed by atoms with van der Waals surface area (Å²) in [5.74, 6) is -1.02. The Morgan fingerprint density at radius 3 is 2.38 bits per heavy atom. The molecular weight excluding hydrogens is 436 g/mol. The number of likely N-dealkylation sites (N-methyl/N-ethyl adjacent to an activating group) is 1. The molecule has 34 heavy (non-hydrogen) atoms. The molecule has 1 unspecified atom stereocenters. The van der Waals surface area contributed by atoms with Crippen LogP contribution < -0.4 is 20.4 Å². The number of hydrogen-bond acceptors (Lipinski definition) is 5. The molecule has 180 valence electrons. The maximum absolute atomic E-state index is 13.2. The number of rotatable bonds is 4. The number of fused-ring (bicyclic) bond motifs is 1. The predicted octanol–water partition coefficient (Wildman–Crippen LogP) is 3.41. The molecule has 0 saturated carbocycles. The Morgan fingerprint density at radius 2 is 1.74 bits per heavy atom. The number of anilines is 3. The first-order valence-electron chi connectivity index (χ1n) is 11.1. The number of hydrogen-bond donors (Lipinski definition) is 2. The molecule has 1 atom stereocenters. The smallest absolute Gasteiger partial charge is 0.338 e. The Balaban J connectivity index is 1.83. The topological polar surface area (TPSA) is 108 Å². The Labute approximate surface area is 199 Å². The van der Waals surface area contributed by atoms with Crippen molar-refractivity contribution in [1.29, 1.82) is 0 Å². The maximum atomic E-state index is 13.2. The summed E-state index contributed by atoms with van der Waals surface area (Å²) in [5, 5.41) is 5.33. The normalized spacial score (nSPS) is 15.8. The van der Waals surface area contributed by atoms with E-state index in [1.54, 1.807) is 82.1 Å². The van der Waals surface area contributed by atoms with Crippen LogP contribution in [0.1, 0.15) is 38.1 Å². The van der Waals surface area contributed by atoms with Crippen LogP contribution in [0.25, 0.3) is 0 Å². The van der Waals surface area contributed by atoms with Gasteiger partial charge in [0.2, 0.25) is 5.91 Å². The Hall–Kier alpha value is -3.88. The van der Waals surface area contributed by atoms with Gasteiger partial charge in [0.25, 0.3) is 5.91 Å². The lowest BCUT2D eigenvalue weighted by Crippen LogP contribution is -2.54. The maximum Gasteiger partial charge on any atom is 0.338 e. The van der Waals surface area contributed by atoms with Crippen LogP contribution in [0.15, 0.2) is 48.5 Å². The molecule has 0 aliphatic carbocycles. The first kappa shape index (κ1) is 24.8. The fourth-order valence-corrected chi connectivity index (χ4v) is 3.66. The summed E-state index contributed by atoms with van der Waals surface area (Å²) in [7, 11) is 1.61. The van der Waals surface area contributed by atoms with Crippen molar-refractivity contribution in [1.82, 2.24) is 5.32 Å². The molecular formula is C25H30N4O5. The molecule has 0 radical (unpaired) electrons. The predicted molar refractivity (Wildman–Crippen MR) is 130 cm³/mol. The number of ether oxygens (including phenoxy) is 1. The van der Waals surface area contributed by atoms with Gasteiger partial charge in [0, 0.05) is 18.2 Å². The zero-order chi connectivity index (χ0) is 25.0. The van der Waals surface area contributed by atoms with Crippen molar-refractivity contribution in [2.75, 3.05) is 35.3 Å². The van der Waals surface area contributed by atoms with Crippen LogP contribution in [0.3, 0.4) is 0 Å². The standard InChI is InChI=1S/C25H30N4O5/c1-6-34-22(31)16-10-9-11-17(14-16)26-24(33)27-18-15-29(23(32)25(2,3)4)20-13-8-7-12-19(20)28(5)21(18)30/h7-14,18H,6,15H2,1-5H3,(H2,26,27,33). The fraction of sp³-hybridized carbons (Fsp3) is 0.360. The zero-order valence-electron chi connectivity index (χ0n) is 20.0. The van der Waals surface area contributed by atoms with E-state index in [1.165, 1.54) is 11.0 Å². The summed E-state index contributed by atoms with van der Waals surface area (Å²) >= 11 is 0.